The molecule has 8 nitrogen and oxygen atoms in total. The lowest BCUT2D eigenvalue weighted by Gasteiger charge is -2.12. The Bertz CT molecular complexity index is 1440. The zero-order chi connectivity index (χ0) is 24.6. The molecular formula is C23H19ClF2N6O2. The van der Waals surface area contributed by atoms with Gasteiger partial charge in [0.05, 0.1) is 27.3 Å². The Balaban J connectivity index is 1.66. The molecule has 0 unspecified atom stereocenters. The van der Waals surface area contributed by atoms with Crippen molar-refractivity contribution in [1.82, 2.24) is 14.5 Å². The summed E-state index contributed by atoms with van der Waals surface area (Å²) in [5, 5.41) is 5.12. The quantitative estimate of drug-likeness (QED) is 0.328. The number of ketones is 1. The van der Waals surface area contributed by atoms with Crippen LogP contribution in [-0.4, -0.2) is 26.3 Å². The van der Waals surface area contributed by atoms with Crippen LogP contribution in [0.15, 0.2) is 48.9 Å². The van der Waals surface area contributed by atoms with Gasteiger partial charge in [-0.2, -0.15) is 0 Å². The monoisotopic (exact) mass is 484 g/mol. The number of nitrogen functional groups attached to an aromatic ring is 1. The molecule has 34 heavy (non-hydrogen) atoms. The molecule has 2 heterocycles. The predicted molar refractivity (Wildman–Crippen MR) is 126 cm³/mol. The Kier molecular flexibility index (Phi) is 6.16. The van der Waals surface area contributed by atoms with E-state index < -0.39 is 23.4 Å². The summed E-state index contributed by atoms with van der Waals surface area (Å²) in [4.78, 5) is 34.1. The van der Waals surface area contributed by atoms with Crippen molar-refractivity contribution in [1.29, 1.82) is 0 Å². The van der Waals surface area contributed by atoms with E-state index in [9.17, 15) is 18.4 Å². The number of fused-ring (bicyclic) bond motifs is 1. The van der Waals surface area contributed by atoms with Gasteiger partial charge in [-0.1, -0.05) is 17.7 Å². The van der Waals surface area contributed by atoms with Crippen LogP contribution < -0.4 is 16.4 Å². The van der Waals surface area contributed by atoms with Gasteiger partial charge in [-0.05, 0) is 38.1 Å². The molecule has 0 aliphatic rings. The second kappa shape index (κ2) is 9.06. The van der Waals surface area contributed by atoms with Gasteiger partial charge in [-0.15, -0.1) is 0 Å². The molecule has 0 fully saturated rings. The number of nitrogens with one attached hydrogen (secondary N) is 2. The molecule has 0 atom stereocenters. The molecule has 2 amide bonds. The normalized spacial score (nSPS) is 11.1. The summed E-state index contributed by atoms with van der Waals surface area (Å²) >= 11 is 6.46. The summed E-state index contributed by atoms with van der Waals surface area (Å²) in [6, 6.07) is 6.43. The molecule has 0 bridgehead atoms. The first kappa shape index (κ1) is 23.1. The highest BCUT2D eigenvalue weighted by atomic mass is 35.5. The molecule has 0 radical (unpaired) electrons. The number of carbonyl (C=O) groups is 2. The van der Waals surface area contributed by atoms with E-state index in [2.05, 4.69) is 20.6 Å². The number of hydrogen-bond acceptors (Lipinski definition) is 5. The first-order chi connectivity index (χ1) is 16.2. The Morgan fingerprint density at radius 1 is 1.06 bits per heavy atom. The molecule has 4 rings (SSSR count). The molecule has 0 aliphatic carbocycles. The number of rotatable bonds is 5. The summed E-state index contributed by atoms with van der Waals surface area (Å²) < 4.78 is 28.7. The van der Waals surface area contributed by atoms with Crippen molar-refractivity contribution in [2.45, 2.75) is 19.9 Å². The highest BCUT2D eigenvalue weighted by Crippen LogP contribution is 2.32. The molecule has 11 heteroatoms. The molecule has 4 aromatic rings. The smallest absolute Gasteiger partial charge is 0.323 e. The van der Waals surface area contributed by atoms with E-state index in [1.807, 2.05) is 13.8 Å². The number of hydrogen-bond donors (Lipinski definition) is 3. The zero-order valence-electron chi connectivity index (χ0n) is 18.1. The Hall–Kier alpha value is -4.05. The van der Waals surface area contributed by atoms with E-state index in [0.717, 1.165) is 12.1 Å². The minimum absolute atomic E-state index is 0.00243. The van der Waals surface area contributed by atoms with Crippen molar-refractivity contribution in [3.05, 3.63) is 76.7 Å². The van der Waals surface area contributed by atoms with E-state index in [-0.39, 0.29) is 39.4 Å². The number of aromatic nitrogens is 3. The molecule has 0 spiro atoms. The SMILES string of the molecule is CC(C)n1cc(C(=O)c2cccc(NC(=O)Nc3ccc(F)cc3F)c2Cl)c2c(N)ncnc21. The summed E-state index contributed by atoms with van der Waals surface area (Å²) in [6.45, 7) is 3.87. The fourth-order valence-electron chi connectivity index (χ4n) is 3.49. The number of anilines is 3. The number of nitrogens with two attached hydrogens (primary N) is 1. The van der Waals surface area contributed by atoms with Crippen LogP contribution in [0.5, 0.6) is 0 Å². The van der Waals surface area contributed by atoms with Gasteiger partial charge in [0.1, 0.15) is 29.4 Å². The maximum absolute atomic E-state index is 13.8. The molecule has 0 saturated heterocycles. The average molecular weight is 485 g/mol. The van der Waals surface area contributed by atoms with Crippen LogP contribution in [0.2, 0.25) is 5.02 Å². The van der Waals surface area contributed by atoms with Gasteiger partial charge in [0, 0.05) is 23.9 Å². The highest BCUT2D eigenvalue weighted by molar-refractivity contribution is 6.38. The first-order valence-electron chi connectivity index (χ1n) is 10.1. The van der Waals surface area contributed by atoms with Crippen LogP contribution in [-0.2, 0) is 0 Å². The number of halogens is 3. The van der Waals surface area contributed by atoms with E-state index in [1.165, 1.54) is 24.5 Å². The molecule has 2 aromatic heterocycles. The van der Waals surface area contributed by atoms with Crippen molar-refractivity contribution in [3.8, 4) is 0 Å². The largest absolute Gasteiger partial charge is 0.383 e. The van der Waals surface area contributed by atoms with Gasteiger partial charge in [-0.25, -0.2) is 23.5 Å². The number of amides is 2. The van der Waals surface area contributed by atoms with E-state index >= 15 is 0 Å². The fraction of sp³-hybridized carbons (Fsp3) is 0.130. The summed E-state index contributed by atoms with van der Waals surface area (Å²) in [5.41, 5.74) is 6.82. The second-order valence-electron chi connectivity index (χ2n) is 7.70. The Morgan fingerprint density at radius 2 is 1.79 bits per heavy atom. The molecule has 2 aromatic carbocycles. The fourth-order valence-corrected chi connectivity index (χ4v) is 3.75. The minimum Gasteiger partial charge on any atom is -0.383 e. The first-order valence-corrected chi connectivity index (χ1v) is 10.5. The van der Waals surface area contributed by atoms with Gasteiger partial charge in [0.15, 0.2) is 5.78 Å². The predicted octanol–water partition coefficient (Wildman–Crippen LogP) is 5.40. The Labute approximate surface area is 197 Å². The third kappa shape index (κ3) is 4.27. The van der Waals surface area contributed by atoms with Crippen molar-refractivity contribution < 1.29 is 18.4 Å². The summed E-state index contributed by atoms with van der Waals surface area (Å²) in [6.07, 6.45) is 2.97. The van der Waals surface area contributed by atoms with Gasteiger partial charge in [0.25, 0.3) is 0 Å². The van der Waals surface area contributed by atoms with Crippen LogP contribution in [0.4, 0.5) is 30.8 Å². The van der Waals surface area contributed by atoms with Crippen molar-refractivity contribution in [2.24, 2.45) is 0 Å². The summed E-state index contributed by atoms with van der Waals surface area (Å²) in [7, 11) is 0. The average Bonchev–Trinajstić information content (AvgIpc) is 3.18. The van der Waals surface area contributed by atoms with Crippen LogP contribution in [0.25, 0.3) is 11.0 Å². The molecule has 0 aliphatic heterocycles. The van der Waals surface area contributed by atoms with E-state index in [0.29, 0.717) is 17.1 Å². The van der Waals surface area contributed by atoms with Crippen molar-refractivity contribution in [2.75, 3.05) is 16.4 Å². The molecular weight excluding hydrogens is 466 g/mol. The van der Waals surface area contributed by atoms with E-state index in [1.54, 1.807) is 10.8 Å². The molecule has 0 saturated carbocycles. The van der Waals surface area contributed by atoms with Gasteiger partial charge < -0.3 is 20.9 Å². The third-order valence-electron chi connectivity index (χ3n) is 5.11. The topological polar surface area (TPSA) is 115 Å². The number of benzene rings is 2. The van der Waals surface area contributed by atoms with Crippen molar-refractivity contribution in [3.63, 3.8) is 0 Å². The van der Waals surface area contributed by atoms with Gasteiger partial charge in [-0.3, -0.25) is 4.79 Å². The van der Waals surface area contributed by atoms with Gasteiger partial charge >= 0.3 is 6.03 Å². The number of nitrogens with zero attached hydrogens (tertiary/aromatic N) is 3. The maximum atomic E-state index is 13.8. The van der Waals surface area contributed by atoms with Crippen LogP contribution in [0, 0.1) is 11.6 Å². The van der Waals surface area contributed by atoms with Crippen LogP contribution in [0.3, 0.4) is 0 Å². The minimum atomic E-state index is -0.938. The molecule has 174 valence electrons. The van der Waals surface area contributed by atoms with Crippen molar-refractivity contribution >= 4 is 51.6 Å². The highest BCUT2D eigenvalue weighted by Gasteiger charge is 2.24. The Morgan fingerprint density at radius 3 is 2.50 bits per heavy atom. The van der Waals surface area contributed by atoms with Crippen LogP contribution in [0.1, 0.15) is 35.8 Å². The maximum Gasteiger partial charge on any atom is 0.323 e. The lowest BCUT2D eigenvalue weighted by Crippen LogP contribution is -2.20. The van der Waals surface area contributed by atoms with Crippen LogP contribution >= 0.6 is 11.6 Å². The zero-order valence-corrected chi connectivity index (χ0v) is 18.8. The molecule has 4 N–H and O–H groups in total. The van der Waals surface area contributed by atoms with E-state index in [4.69, 9.17) is 17.3 Å². The standard InChI is InChI=1S/C23H19ClF2N6O2/c1-11(2)32-9-14(18-21(27)28-10-29-22(18)32)20(33)13-4-3-5-17(19(13)24)31-23(34)30-16-7-6-12(25)8-15(16)26/h3-11H,1-2H3,(H2,27,28,29)(H2,30,31,34). The number of carbonyl (C=O) groups excluding carboxylic acids is 2. The van der Waals surface area contributed by atoms with Gasteiger partial charge in [0.2, 0.25) is 0 Å². The number of urea groups is 1. The lowest BCUT2D eigenvalue weighted by molar-refractivity contribution is 0.104. The lowest BCUT2D eigenvalue weighted by atomic mass is 10.0. The third-order valence-corrected chi connectivity index (χ3v) is 5.52. The second-order valence-corrected chi connectivity index (χ2v) is 8.08. The summed E-state index contributed by atoms with van der Waals surface area (Å²) in [5.74, 6) is -2.00.